The zero-order valence-electron chi connectivity index (χ0n) is 10.9. The van der Waals surface area contributed by atoms with Crippen molar-refractivity contribution in [2.75, 3.05) is 0 Å². The number of hydrogen-bond donors (Lipinski definition) is 0. The minimum Gasteiger partial charge on any atom is -0.318 e. The fourth-order valence-corrected chi connectivity index (χ4v) is 1.13. The van der Waals surface area contributed by atoms with E-state index in [2.05, 4.69) is 5.16 Å². The number of carbonyl (C=O) groups is 1. The van der Waals surface area contributed by atoms with Crippen molar-refractivity contribution in [2.24, 2.45) is 10.6 Å². The van der Waals surface area contributed by atoms with E-state index in [0.717, 1.165) is 17.5 Å². The van der Waals surface area contributed by atoms with Gasteiger partial charge in [-0.15, -0.1) is 0 Å². The highest BCUT2D eigenvalue weighted by Gasteiger charge is 2.27. The van der Waals surface area contributed by atoms with E-state index in [-0.39, 0.29) is 5.97 Å². The molecule has 0 atom stereocenters. The first-order valence-electron chi connectivity index (χ1n) is 5.78. The highest BCUT2D eigenvalue weighted by molar-refractivity contribution is 5.82. The van der Waals surface area contributed by atoms with Crippen molar-refractivity contribution in [3.05, 3.63) is 35.4 Å². The van der Waals surface area contributed by atoms with Gasteiger partial charge in [-0.3, -0.25) is 0 Å². The summed E-state index contributed by atoms with van der Waals surface area (Å²) in [4.78, 5) is 16.5. The van der Waals surface area contributed by atoms with Gasteiger partial charge in [-0.25, -0.2) is 4.79 Å². The van der Waals surface area contributed by atoms with Crippen LogP contribution in [0.15, 0.2) is 29.4 Å². The molecule has 1 aromatic carbocycles. The first kappa shape index (κ1) is 13.4. The number of nitrogens with zero attached hydrogens (tertiary/aromatic N) is 1. The van der Waals surface area contributed by atoms with E-state index >= 15 is 0 Å². The molecular formula is C14H19NO2. The first-order valence-corrected chi connectivity index (χ1v) is 5.78. The SMILES string of the molecule is CCC(C)(C)C(=O)O/N=C/c1ccccc1C. The summed E-state index contributed by atoms with van der Waals surface area (Å²) in [6, 6.07) is 7.79. The van der Waals surface area contributed by atoms with Crippen LogP contribution < -0.4 is 0 Å². The van der Waals surface area contributed by atoms with E-state index in [1.165, 1.54) is 0 Å². The summed E-state index contributed by atoms with van der Waals surface area (Å²) < 4.78 is 0. The lowest BCUT2D eigenvalue weighted by Crippen LogP contribution is -2.24. The minimum absolute atomic E-state index is 0.301. The summed E-state index contributed by atoms with van der Waals surface area (Å²) in [5.74, 6) is -0.301. The van der Waals surface area contributed by atoms with Gasteiger partial charge in [-0.1, -0.05) is 36.3 Å². The van der Waals surface area contributed by atoms with Crippen molar-refractivity contribution < 1.29 is 9.63 Å². The molecular weight excluding hydrogens is 214 g/mol. The van der Waals surface area contributed by atoms with Crippen LogP contribution in [0.4, 0.5) is 0 Å². The number of aryl methyl sites for hydroxylation is 1. The molecule has 0 aliphatic carbocycles. The van der Waals surface area contributed by atoms with E-state index in [1.54, 1.807) is 6.21 Å². The molecule has 0 saturated heterocycles. The Hall–Kier alpha value is -1.64. The van der Waals surface area contributed by atoms with Crippen LogP contribution in [0, 0.1) is 12.3 Å². The topological polar surface area (TPSA) is 38.7 Å². The van der Waals surface area contributed by atoms with Crippen LogP contribution in [0.2, 0.25) is 0 Å². The number of carbonyl (C=O) groups excluding carboxylic acids is 1. The monoisotopic (exact) mass is 233 g/mol. The van der Waals surface area contributed by atoms with Crippen LogP contribution in [0.25, 0.3) is 0 Å². The smallest absolute Gasteiger partial charge is 0.318 e. The zero-order valence-corrected chi connectivity index (χ0v) is 10.9. The Morgan fingerprint density at radius 1 is 1.41 bits per heavy atom. The molecule has 0 amide bonds. The van der Waals surface area contributed by atoms with E-state index in [4.69, 9.17) is 4.84 Å². The Morgan fingerprint density at radius 2 is 2.06 bits per heavy atom. The molecule has 0 aromatic heterocycles. The molecule has 0 fully saturated rings. The molecule has 3 heteroatoms. The molecule has 0 unspecified atom stereocenters. The first-order chi connectivity index (χ1) is 7.97. The molecule has 1 aromatic rings. The minimum atomic E-state index is -0.483. The lowest BCUT2D eigenvalue weighted by molar-refractivity contribution is -0.154. The number of rotatable bonds is 4. The normalized spacial score (nSPS) is 11.8. The van der Waals surface area contributed by atoms with Gasteiger partial charge in [-0.05, 0) is 38.3 Å². The lowest BCUT2D eigenvalue weighted by Gasteiger charge is -2.17. The van der Waals surface area contributed by atoms with Gasteiger partial charge in [0.2, 0.25) is 0 Å². The molecule has 0 aliphatic heterocycles. The predicted molar refractivity (Wildman–Crippen MR) is 68.9 cm³/mol. The molecule has 0 aliphatic rings. The van der Waals surface area contributed by atoms with Gasteiger partial charge >= 0.3 is 5.97 Å². The molecule has 0 saturated carbocycles. The average molecular weight is 233 g/mol. The number of benzene rings is 1. The van der Waals surface area contributed by atoms with Crippen LogP contribution >= 0.6 is 0 Å². The molecule has 0 spiro atoms. The van der Waals surface area contributed by atoms with E-state index in [9.17, 15) is 4.79 Å². The zero-order chi connectivity index (χ0) is 12.9. The molecule has 92 valence electrons. The Balaban J connectivity index is 2.63. The fraction of sp³-hybridized carbons (Fsp3) is 0.429. The van der Waals surface area contributed by atoms with Gasteiger partial charge < -0.3 is 4.84 Å². The van der Waals surface area contributed by atoms with Crippen molar-refractivity contribution in [2.45, 2.75) is 34.1 Å². The maximum absolute atomic E-state index is 11.6. The Labute approximate surface area is 102 Å². The average Bonchev–Trinajstić information content (AvgIpc) is 2.31. The lowest BCUT2D eigenvalue weighted by atomic mass is 9.91. The molecule has 17 heavy (non-hydrogen) atoms. The van der Waals surface area contributed by atoms with Gasteiger partial charge in [-0.2, -0.15) is 0 Å². The second-order valence-electron chi connectivity index (χ2n) is 4.71. The van der Waals surface area contributed by atoms with Crippen molar-refractivity contribution >= 4 is 12.2 Å². The van der Waals surface area contributed by atoms with Gasteiger partial charge in [0, 0.05) is 0 Å². The molecule has 3 nitrogen and oxygen atoms in total. The van der Waals surface area contributed by atoms with Crippen molar-refractivity contribution in [1.29, 1.82) is 0 Å². The van der Waals surface area contributed by atoms with E-state index < -0.39 is 5.41 Å². The fourth-order valence-electron chi connectivity index (χ4n) is 1.13. The standard InChI is InChI=1S/C14H19NO2/c1-5-14(3,4)13(16)17-15-10-12-9-7-6-8-11(12)2/h6-10H,5H2,1-4H3/b15-10+. The highest BCUT2D eigenvalue weighted by atomic mass is 16.7. The van der Waals surface area contributed by atoms with Crippen LogP contribution in [0.3, 0.4) is 0 Å². The molecule has 0 N–H and O–H groups in total. The largest absolute Gasteiger partial charge is 0.340 e. The van der Waals surface area contributed by atoms with Crippen LogP contribution in [-0.4, -0.2) is 12.2 Å². The quantitative estimate of drug-likeness (QED) is 0.454. The maximum Gasteiger partial charge on any atom is 0.340 e. The summed E-state index contributed by atoms with van der Waals surface area (Å²) >= 11 is 0. The maximum atomic E-state index is 11.6. The molecule has 0 bridgehead atoms. The van der Waals surface area contributed by atoms with Crippen molar-refractivity contribution in [3.8, 4) is 0 Å². The third-order valence-electron chi connectivity index (χ3n) is 2.95. The highest BCUT2D eigenvalue weighted by Crippen LogP contribution is 2.21. The molecule has 0 radical (unpaired) electrons. The van der Waals surface area contributed by atoms with Gasteiger partial charge in [0.05, 0.1) is 11.6 Å². The number of oxime groups is 1. The number of hydrogen-bond acceptors (Lipinski definition) is 3. The van der Waals surface area contributed by atoms with Gasteiger partial charge in [0.15, 0.2) is 0 Å². The van der Waals surface area contributed by atoms with Gasteiger partial charge in [0.25, 0.3) is 0 Å². The van der Waals surface area contributed by atoms with Crippen molar-refractivity contribution in [1.82, 2.24) is 0 Å². The summed E-state index contributed by atoms with van der Waals surface area (Å²) in [6.07, 6.45) is 2.30. The Morgan fingerprint density at radius 3 is 2.65 bits per heavy atom. The molecule has 0 heterocycles. The summed E-state index contributed by atoms with van der Waals surface area (Å²) in [5.41, 5.74) is 1.57. The third-order valence-corrected chi connectivity index (χ3v) is 2.95. The van der Waals surface area contributed by atoms with Crippen LogP contribution in [-0.2, 0) is 9.63 Å². The van der Waals surface area contributed by atoms with Gasteiger partial charge in [0.1, 0.15) is 0 Å². The summed E-state index contributed by atoms with van der Waals surface area (Å²) in [6.45, 7) is 7.63. The summed E-state index contributed by atoms with van der Waals surface area (Å²) in [7, 11) is 0. The second-order valence-corrected chi connectivity index (χ2v) is 4.71. The second kappa shape index (κ2) is 5.62. The molecule has 1 rings (SSSR count). The van der Waals surface area contributed by atoms with Crippen LogP contribution in [0.1, 0.15) is 38.3 Å². The van der Waals surface area contributed by atoms with Crippen molar-refractivity contribution in [3.63, 3.8) is 0 Å². The predicted octanol–water partition coefficient (Wildman–Crippen LogP) is 3.31. The van der Waals surface area contributed by atoms with E-state index in [0.29, 0.717) is 0 Å². The third kappa shape index (κ3) is 3.70. The Kier molecular flexibility index (Phi) is 4.44. The Bertz CT molecular complexity index is 422. The van der Waals surface area contributed by atoms with Crippen LogP contribution in [0.5, 0.6) is 0 Å². The van der Waals surface area contributed by atoms with E-state index in [1.807, 2.05) is 52.0 Å². The summed E-state index contributed by atoms with van der Waals surface area (Å²) in [5, 5.41) is 3.74.